The molecule has 0 saturated heterocycles. The summed E-state index contributed by atoms with van der Waals surface area (Å²) in [5.74, 6) is -0.320. The van der Waals surface area contributed by atoms with E-state index < -0.39 is 28.5 Å². The first kappa shape index (κ1) is 33.7. The Hall–Kier alpha value is -3.76. The smallest absolute Gasteiger partial charge is 0.264 e. The van der Waals surface area contributed by atoms with Crippen molar-refractivity contribution in [1.82, 2.24) is 10.2 Å². The Morgan fingerprint density at radius 3 is 2.21 bits per heavy atom. The van der Waals surface area contributed by atoms with Crippen LogP contribution in [0, 0.1) is 6.92 Å². The molecule has 0 bridgehead atoms. The van der Waals surface area contributed by atoms with Gasteiger partial charge in [0.25, 0.3) is 10.0 Å². The first-order valence-corrected chi connectivity index (χ1v) is 15.9. The standard InChI is InChI=1S/C32H40ClN3O6S/c1-7-23(4)34-32(38)28(8-2)35(20-24-11-9-10-12-27(24)33)31(37)21-36(29-19-25(41-5)15-18-30(29)42-6)43(39,40)26-16-13-22(3)14-17-26/h9-19,23,28H,7-8,20-21H2,1-6H3,(H,34,38)/t23-,28+/m1/s1. The molecule has 0 aliphatic rings. The highest BCUT2D eigenvalue weighted by Gasteiger charge is 2.35. The minimum Gasteiger partial charge on any atom is -0.497 e. The summed E-state index contributed by atoms with van der Waals surface area (Å²) < 4.78 is 40.3. The Bertz CT molecular complexity index is 1510. The first-order valence-electron chi connectivity index (χ1n) is 14.1. The molecule has 0 saturated carbocycles. The lowest BCUT2D eigenvalue weighted by atomic mass is 10.1. The van der Waals surface area contributed by atoms with E-state index in [0.29, 0.717) is 29.2 Å². The maximum absolute atomic E-state index is 14.3. The molecular formula is C32H40ClN3O6S. The van der Waals surface area contributed by atoms with Crippen molar-refractivity contribution in [2.45, 2.75) is 64.1 Å². The fraction of sp³-hybridized carbons (Fsp3) is 0.375. The van der Waals surface area contributed by atoms with Gasteiger partial charge >= 0.3 is 0 Å². The number of hydrogen-bond acceptors (Lipinski definition) is 6. The fourth-order valence-corrected chi connectivity index (χ4v) is 6.13. The van der Waals surface area contributed by atoms with Crippen LogP contribution in [0.3, 0.4) is 0 Å². The van der Waals surface area contributed by atoms with Crippen LogP contribution in [-0.2, 0) is 26.2 Å². The average Bonchev–Trinajstić information content (AvgIpc) is 3.00. The molecule has 0 heterocycles. The van der Waals surface area contributed by atoms with E-state index in [0.717, 1.165) is 9.87 Å². The van der Waals surface area contributed by atoms with Gasteiger partial charge in [0.1, 0.15) is 24.1 Å². The van der Waals surface area contributed by atoms with Gasteiger partial charge in [-0.05, 0) is 62.6 Å². The zero-order valence-corrected chi connectivity index (χ0v) is 27.0. The molecule has 2 amide bonds. The predicted molar refractivity (Wildman–Crippen MR) is 169 cm³/mol. The van der Waals surface area contributed by atoms with Gasteiger partial charge in [-0.25, -0.2) is 8.42 Å². The number of nitrogens with zero attached hydrogens (tertiary/aromatic N) is 2. The van der Waals surface area contributed by atoms with Crippen molar-refractivity contribution in [3.63, 3.8) is 0 Å². The molecule has 0 aromatic heterocycles. The lowest BCUT2D eigenvalue weighted by molar-refractivity contribution is -0.140. The van der Waals surface area contributed by atoms with Gasteiger partial charge in [0.05, 0.1) is 24.8 Å². The summed E-state index contributed by atoms with van der Waals surface area (Å²) in [6.07, 6.45) is 1.00. The molecule has 0 spiro atoms. The summed E-state index contributed by atoms with van der Waals surface area (Å²) in [6.45, 7) is 6.88. The van der Waals surface area contributed by atoms with E-state index in [4.69, 9.17) is 21.1 Å². The van der Waals surface area contributed by atoms with Gasteiger partial charge in [-0.1, -0.05) is 61.3 Å². The van der Waals surface area contributed by atoms with Crippen molar-refractivity contribution in [2.75, 3.05) is 25.1 Å². The van der Waals surface area contributed by atoms with Crippen LogP contribution in [0.25, 0.3) is 0 Å². The number of sulfonamides is 1. The van der Waals surface area contributed by atoms with Gasteiger partial charge in [0.15, 0.2) is 0 Å². The number of anilines is 1. The number of nitrogens with one attached hydrogen (secondary N) is 1. The molecule has 0 aliphatic carbocycles. The molecule has 232 valence electrons. The van der Waals surface area contributed by atoms with Crippen molar-refractivity contribution < 1.29 is 27.5 Å². The Labute approximate surface area is 259 Å². The summed E-state index contributed by atoms with van der Waals surface area (Å²) in [5, 5.41) is 3.39. The Kier molecular flexibility index (Phi) is 11.9. The fourth-order valence-electron chi connectivity index (χ4n) is 4.51. The molecule has 3 aromatic rings. The van der Waals surface area contributed by atoms with Gasteiger partial charge in [0, 0.05) is 23.7 Å². The molecular weight excluding hydrogens is 590 g/mol. The van der Waals surface area contributed by atoms with Crippen LogP contribution in [0.1, 0.15) is 44.7 Å². The summed E-state index contributed by atoms with van der Waals surface area (Å²) in [4.78, 5) is 29.1. The van der Waals surface area contributed by atoms with Gasteiger partial charge in [-0.2, -0.15) is 0 Å². The maximum atomic E-state index is 14.3. The molecule has 11 heteroatoms. The zero-order valence-electron chi connectivity index (χ0n) is 25.5. The number of carbonyl (C=O) groups is 2. The summed E-state index contributed by atoms with van der Waals surface area (Å²) in [7, 11) is -1.41. The molecule has 0 fully saturated rings. The number of hydrogen-bond donors (Lipinski definition) is 1. The SMILES string of the molecule is CC[C@@H](C)NC(=O)[C@H](CC)N(Cc1ccccc1Cl)C(=O)CN(c1cc(OC)ccc1OC)S(=O)(=O)c1ccc(C)cc1. The van der Waals surface area contributed by atoms with Crippen molar-refractivity contribution in [3.05, 3.63) is 82.9 Å². The number of ether oxygens (including phenoxy) is 2. The van der Waals surface area contributed by atoms with E-state index in [2.05, 4.69) is 5.32 Å². The molecule has 0 unspecified atom stereocenters. The zero-order chi connectivity index (χ0) is 31.7. The normalized spacial score (nSPS) is 12.6. The molecule has 43 heavy (non-hydrogen) atoms. The number of rotatable bonds is 14. The molecule has 2 atom stereocenters. The van der Waals surface area contributed by atoms with E-state index in [1.54, 1.807) is 55.5 Å². The van der Waals surface area contributed by atoms with E-state index in [1.807, 2.05) is 20.8 Å². The highest BCUT2D eigenvalue weighted by Crippen LogP contribution is 2.36. The van der Waals surface area contributed by atoms with Gasteiger partial charge in [-0.15, -0.1) is 0 Å². The second kappa shape index (κ2) is 15.1. The van der Waals surface area contributed by atoms with Crippen molar-refractivity contribution in [3.8, 4) is 11.5 Å². The number of methoxy groups -OCH3 is 2. The van der Waals surface area contributed by atoms with Crippen LogP contribution < -0.4 is 19.1 Å². The lowest BCUT2D eigenvalue weighted by Gasteiger charge is -2.34. The van der Waals surface area contributed by atoms with E-state index in [-0.39, 0.29) is 34.8 Å². The summed E-state index contributed by atoms with van der Waals surface area (Å²) in [5.41, 5.74) is 1.62. The van der Waals surface area contributed by atoms with Crippen LogP contribution in [0.4, 0.5) is 5.69 Å². The number of benzene rings is 3. The molecule has 0 aliphatic heterocycles. The minimum atomic E-state index is -4.29. The first-order chi connectivity index (χ1) is 20.5. The monoisotopic (exact) mass is 629 g/mol. The summed E-state index contributed by atoms with van der Waals surface area (Å²) >= 11 is 6.47. The van der Waals surface area contributed by atoms with Gasteiger partial charge < -0.3 is 19.7 Å². The number of aryl methyl sites for hydroxylation is 1. The number of carbonyl (C=O) groups excluding carboxylic acids is 2. The maximum Gasteiger partial charge on any atom is 0.264 e. The van der Waals surface area contributed by atoms with Crippen molar-refractivity contribution >= 4 is 39.1 Å². The third-order valence-electron chi connectivity index (χ3n) is 7.23. The van der Waals surface area contributed by atoms with Crippen LogP contribution in [0.15, 0.2) is 71.6 Å². The lowest BCUT2D eigenvalue weighted by Crippen LogP contribution is -2.53. The van der Waals surface area contributed by atoms with Crippen molar-refractivity contribution in [2.24, 2.45) is 0 Å². The molecule has 9 nitrogen and oxygen atoms in total. The van der Waals surface area contributed by atoms with E-state index >= 15 is 0 Å². The number of halogens is 1. The molecule has 1 N–H and O–H groups in total. The minimum absolute atomic E-state index is 0.00138. The van der Waals surface area contributed by atoms with Crippen LogP contribution >= 0.6 is 11.6 Å². The predicted octanol–water partition coefficient (Wildman–Crippen LogP) is 5.58. The Morgan fingerprint density at radius 1 is 0.953 bits per heavy atom. The summed E-state index contributed by atoms with van der Waals surface area (Å²) in [6, 6.07) is 17.1. The topological polar surface area (TPSA) is 105 Å². The quantitative estimate of drug-likeness (QED) is 0.250. The van der Waals surface area contributed by atoms with Gasteiger partial charge in [-0.3, -0.25) is 13.9 Å². The van der Waals surface area contributed by atoms with Crippen molar-refractivity contribution in [1.29, 1.82) is 0 Å². The van der Waals surface area contributed by atoms with E-state index in [1.165, 1.54) is 37.3 Å². The third kappa shape index (κ3) is 8.20. The highest BCUT2D eigenvalue weighted by molar-refractivity contribution is 7.92. The van der Waals surface area contributed by atoms with Gasteiger partial charge in [0.2, 0.25) is 11.8 Å². The second-order valence-corrected chi connectivity index (χ2v) is 12.5. The molecule has 3 aromatic carbocycles. The van der Waals surface area contributed by atoms with Crippen LogP contribution in [0.5, 0.6) is 11.5 Å². The van der Waals surface area contributed by atoms with Crippen LogP contribution in [-0.4, -0.2) is 58.0 Å². The highest BCUT2D eigenvalue weighted by atomic mass is 35.5. The molecule has 3 rings (SSSR count). The third-order valence-corrected chi connectivity index (χ3v) is 9.37. The van der Waals surface area contributed by atoms with Crippen LogP contribution in [0.2, 0.25) is 5.02 Å². The molecule has 0 radical (unpaired) electrons. The van der Waals surface area contributed by atoms with E-state index in [9.17, 15) is 18.0 Å². The Balaban J connectivity index is 2.16. The average molecular weight is 630 g/mol. The largest absolute Gasteiger partial charge is 0.497 e. The second-order valence-electron chi connectivity index (χ2n) is 10.2. The Morgan fingerprint density at radius 2 is 1.63 bits per heavy atom. The number of amides is 2.